The minimum atomic E-state index is -0.365. The third kappa shape index (κ3) is 3.13. The van der Waals surface area contributed by atoms with Crippen LogP contribution in [0.4, 0.5) is 4.39 Å². The summed E-state index contributed by atoms with van der Waals surface area (Å²) in [4.78, 5) is 28.2. The second-order valence-electron chi connectivity index (χ2n) is 7.46. The number of amides is 1. The van der Waals surface area contributed by atoms with Gasteiger partial charge in [-0.2, -0.15) is 0 Å². The van der Waals surface area contributed by atoms with E-state index in [4.69, 9.17) is 4.42 Å². The van der Waals surface area contributed by atoms with Crippen molar-refractivity contribution in [3.05, 3.63) is 69.6 Å². The molecule has 1 aliphatic heterocycles. The minimum Gasteiger partial charge on any atom is -0.460 e. The molecule has 1 aliphatic rings. The topological polar surface area (TPSA) is 55.5 Å². The Bertz CT molecular complexity index is 1100. The molecule has 1 amide bonds. The lowest BCUT2D eigenvalue weighted by molar-refractivity contribution is 0.0635. The van der Waals surface area contributed by atoms with Crippen LogP contribution in [0.3, 0.4) is 0 Å². The zero-order chi connectivity index (χ0) is 19.8. The van der Waals surface area contributed by atoms with Crippen molar-refractivity contribution in [3.8, 4) is 0 Å². The minimum absolute atomic E-state index is 0.0966. The first-order chi connectivity index (χ1) is 13.5. The van der Waals surface area contributed by atoms with Gasteiger partial charge in [0.05, 0.1) is 17.5 Å². The van der Waals surface area contributed by atoms with Crippen molar-refractivity contribution < 1.29 is 13.6 Å². The Kier molecular flexibility index (Phi) is 4.79. The molecule has 1 fully saturated rings. The molecule has 3 aromatic rings. The van der Waals surface area contributed by atoms with Crippen LogP contribution in [0.5, 0.6) is 0 Å². The van der Waals surface area contributed by atoms with Gasteiger partial charge in [-0.15, -0.1) is 0 Å². The van der Waals surface area contributed by atoms with Crippen LogP contribution in [0.25, 0.3) is 11.0 Å². The lowest BCUT2D eigenvalue weighted by Gasteiger charge is -2.33. The van der Waals surface area contributed by atoms with E-state index in [-0.39, 0.29) is 35.3 Å². The van der Waals surface area contributed by atoms with Gasteiger partial charge in [0.15, 0.2) is 0 Å². The van der Waals surface area contributed by atoms with E-state index in [1.54, 1.807) is 37.4 Å². The highest BCUT2D eigenvalue weighted by Crippen LogP contribution is 2.27. The molecule has 146 valence electrons. The number of hydrogen-bond donors (Lipinski definition) is 0. The number of rotatable bonds is 3. The van der Waals surface area contributed by atoms with Crippen LogP contribution in [0, 0.1) is 12.7 Å². The number of piperidine rings is 1. The zero-order valence-corrected chi connectivity index (χ0v) is 16.1. The number of likely N-dealkylation sites (tertiary alicyclic amines) is 1. The normalized spacial score (nSPS) is 17.2. The number of pyridine rings is 1. The first-order valence-corrected chi connectivity index (χ1v) is 9.64. The van der Waals surface area contributed by atoms with Crippen molar-refractivity contribution in [1.29, 1.82) is 0 Å². The van der Waals surface area contributed by atoms with Crippen LogP contribution in [-0.2, 0) is 6.54 Å². The van der Waals surface area contributed by atoms with Crippen molar-refractivity contribution in [1.82, 2.24) is 9.47 Å². The molecule has 0 bridgehead atoms. The molecular weight excluding hydrogens is 359 g/mol. The van der Waals surface area contributed by atoms with E-state index in [1.165, 1.54) is 10.6 Å². The molecule has 3 heterocycles. The third-order valence-electron chi connectivity index (χ3n) is 5.57. The van der Waals surface area contributed by atoms with Crippen molar-refractivity contribution in [3.63, 3.8) is 0 Å². The first-order valence-electron chi connectivity index (χ1n) is 9.64. The monoisotopic (exact) mass is 382 g/mol. The Hall–Kier alpha value is -2.89. The quantitative estimate of drug-likeness (QED) is 0.685. The molecule has 1 unspecified atom stereocenters. The van der Waals surface area contributed by atoms with Gasteiger partial charge >= 0.3 is 0 Å². The van der Waals surface area contributed by atoms with Gasteiger partial charge in [-0.1, -0.05) is 18.2 Å². The molecule has 2 aromatic heterocycles. The maximum Gasteiger partial charge on any atom is 0.262 e. The first kappa shape index (κ1) is 18.5. The van der Waals surface area contributed by atoms with Crippen molar-refractivity contribution >= 4 is 16.9 Å². The average molecular weight is 382 g/mol. The number of aryl methyl sites for hydroxylation is 1. The average Bonchev–Trinajstić information content (AvgIpc) is 3.02. The number of fused-ring (bicyclic) bond motifs is 1. The molecule has 0 aliphatic carbocycles. The number of benzene rings is 1. The molecule has 1 atom stereocenters. The molecule has 28 heavy (non-hydrogen) atoms. The molecule has 4 rings (SSSR count). The van der Waals surface area contributed by atoms with Crippen LogP contribution >= 0.6 is 0 Å². The predicted octanol–water partition coefficient (Wildman–Crippen LogP) is 4.10. The SMILES string of the molecule is Cc1oc2ccn(Cc3ccccc3F)c(=O)c2c1C(=O)N1CCCCC1C. The Labute approximate surface area is 162 Å². The summed E-state index contributed by atoms with van der Waals surface area (Å²) in [5.74, 6) is -0.0842. The third-order valence-corrected chi connectivity index (χ3v) is 5.57. The molecule has 0 N–H and O–H groups in total. The van der Waals surface area contributed by atoms with Crippen molar-refractivity contribution in [2.24, 2.45) is 0 Å². The largest absolute Gasteiger partial charge is 0.460 e. The maximum absolute atomic E-state index is 14.0. The van der Waals surface area contributed by atoms with Crippen LogP contribution in [-0.4, -0.2) is 28.0 Å². The van der Waals surface area contributed by atoms with Gasteiger partial charge < -0.3 is 13.9 Å². The summed E-state index contributed by atoms with van der Waals surface area (Å²) >= 11 is 0. The van der Waals surface area contributed by atoms with Gasteiger partial charge in [-0.25, -0.2) is 4.39 Å². The number of aromatic nitrogens is 1. The molecular formula is C22H23FN2O3. The molecule has 0 radical (unpaired) electrons. The molecule has 1 aromatic carbocycles. The van der Waals surface area contributed by atoms with Crippen molar-refractivity contribution in [2.75, 3.05) is 6.54 Å². The van der Waals surface area contributed by atoms with E-state index >= 15 is 0 Å². The molecule has 0 saturated carbocycles. The van der Waals surface area contributed by atoms with Crippen LogP contribution in [0.2, 0.25) is 0 Å². The van der Waals surface area contributed by atoms with E-state index in [2.05, 4.69) is 0 Å². The van der Waals surface area contributed by atoms with Crippen molar-refractivity contribution in [2.45, 2.75) is 45.7 Å². The Morgan fingerprint density at radius 1 is 1.25 bits per heavy atom. The highest BCUT2D eigenvalue weighted by atomic mass is 19.1. The van der Waals surface area contributed by atoms with E-state index in [0.29, 0.717) is 29.0 Å². The van der Waals surface area contributed by atoms with E-state index in [0.717, 1.165) is 19.3 Å². The summed E-state index contributed by atoms with van der Waals surface area (Å²) in [6.45, 7) is 4.52. The van der Waals surface area contributed by atoms with E-state index < -0.39 is 0 Å². The van der Waals surface area contributed by atoms with Gasteiger partial charge in [-0.3, -0.25) is 9.59 Å². The Morgan fingerprint density at radius 3 is 2.79 bits per heavy atom. The Morgan fingerprint density at radius 2 is 2.04 bits per heavy atom. The second kappa shape index (κ2) is 7.26. The fourth-order valence-corrected chi connectivity index (χ4v) is 4.00. The summed E-state index contributed by atoms with van der Waals surface area (Å²) in [6.07, 6.45) is 4.60. The number of furan rings is 1. The summed E-state index contributed by atoms with van der Waals surface area (Å²) < 4.78 is 21.2. The van der Waals surface area contributed by atoms with E-state index in [1.807, 2.05) is 11.8 Å². The van der Waals surface area contributed by atoms with Crippen LogP contribution < -0.4 is 5.56 Å². The Balaban J connectivity index is 1.80. The zero-order valence-electron chi connectivity index (χ0n) is 16.1. The lowest BCUT2D eigenvalue weighted by atomic mass is 10.0. The molecule has 5 nitrogen and oxygen atoms in total. The van der Waals surface area contributed by atoms with Gasteiger partial charge in [0.2, 0.25) is 0 Å². The fraction of sp³-hybridized carbons (Fsp3) is 0.364. The summed E-state index contributed by atoms with van der Waals surface area (Å²) in [5, 5.41) is 0.277. The molecule has 0 spiro atoms. The lowest BCUT2D eigenvalue weighted by Crippen LogP contribution is -2.42. The molecule has 6 heteroatoms. The number of halogens is 1. The smallest absolute Gasteiger partial charge is 0.262 e. The number of carbonyl (C=O) groups excluding carboxylic acids is 1. The van der Waals surface area contributed by atoms with Crippen LogP contribution in [0.1, 0.15) is 47.9 Å². The van der Waals surface area contributed by atoms with Gasteiger partial charge in [0.25, 0.3) is 11.5 Å². The number of hydrogen-bond acceptors (Lipinski definition) is 3. The molecule has 1 saturated heterocycles. The highest BCUT2D eigenvalue weighted by molar-refractivity contribution is 6.07. The predicted molar refractivity (Wildman–Crippen MR) is 105 cm³/mol. The van der Waals surface area contributed by atoms with E-state index in [9.17, 15) is 14.0 Å². The fourth-order valence-electron chi connectivity index (χ4n) is 4.00. The standard InChI is InChI=1S/C22H23FN2O3/c1-14-7-5-6-11-25(14)22(27)19-15(2)28-18-10-12-24(21(26)20(18)19)13-16-8-3-4-9-17(16)23/h3-4,8-10,12,14H,5-7,11,13H2,1-2H3. The van der Waals surface area contributed by atoms with Gasteiger partial charge in [0.1, 0.15) is 17.2 Å². The van der Waals surface area contributed by atoms with Crippen LogP contribution in [0.15, 0.2) is 45.7 Å². The summed E-state index contributed by atoms with van der Waals surface area (Å²) in [5.41, 5.74) is 0.796. The number of nitrogens with zero attached hydrogens (tertiary/aromatic N) is 2. The second-order valence-corrected chi connectivity index (χ2v) is 7.46. The highest BCUT2D eigenvalue weighted by Gasteiger charge is 2.30. The van der Waals surface area contributed by atoms with Gasteiger partial charge in [0, 0.05) is 24.3 Å². The summed E-state index contributed by atoms with van der Waals surface area (Å²) in [7, 11) is 0. The number of carbonyl (C=O) groups is 1. The van der Waals surface area contributed by atoms with Gasteiger partial charge in [-0.05, 0) is 45.2 Å². The maximum atomic E-state index is 14.0. The summed E-state index contributed by atoms with van der Waals surface area (Å²) in [6, 6.07) is 8.16.